The van der Waals surface area contributed by atoms with Crippen molar-refractivity contribution in [2.45, 2.75) is 12.1 Å². The van der Waals surface area contributed by atoms with Crippen molar-refractivity contribution in [3.63, 3.8) is 0 Å². The van der Waals surface area contributed by atoms with Crippen molar-refractivity contribution >= 4 is 17.9 Å². The van der Waals surface area contributed by atoms with Gasteiger partial charge in [-0.15, -0.1) is 0 Å². The molecule has 1 aliphatic rings. The number of rotatable bonds is 3. The van der Waals surface area contributed by atoms with E-state index in [0.29, 0.717) is 0 Å². The smallest absolute Gasteiger partial charge is 0.264 e. The van der Waals surface area contributed by atoms with Gasteiger partial charge >= 0.3 is 0 Å². The van der Waals surface area contributed by atoms with Crippen LogP contribution in [0.4, 0.5) is 0 Å². The zero-order valence-corrected chi connectivity index (χ0v) is 9.40. The molecule has 4 nitrogen and oxygen atoms in total. The maximum absolute atomic E-state index is 11.6. The number of aromatic nitrogens is 1. The molecular formula is C10H12N2O2S. The largest absolute Gasteiger partial charge is 0.369 e. The Balaban J connectivity index is 2.24. The third kappa shape index (κ3) is 1.61. The van der Waals surface area contributed by atoms with Crippen LogP contribution in [0.3, 0.4) is 0 Å². The lowest BCUT2D eigenvalue weighted by Gasteiger charge is -2.44. The van der Waals surface area contributed by atoms with Gasteiger partial charge in [-0.25, -0.2) is 0 Å². The molecule has 1 amide bonds. The lowest BCUT2D eigenvalue weighted by Crippen LogP contribution is -2.56. The first-order valence-corrected chi connectivity index (χ1v) is 5.77. The van der Waals surface area contributed by atoms with Crippen LogP contribution >= 0.6 is 11.9 Å². The molecule has 1 aromatic rings. The van der Waals surface area contributed by atoms with Gasteiger partial charge in [0.1, 0.15) is 6.04 Å². The van der Waals surface area contributed by atoms with Gasteiger partial charge in [-0.2, -0.15) is 0 Å². The first-order chi connectivity index (χ1) is 7.29. The fourth-order valence-corrected chi connectivity index (χ4v) is 2.48. The number of hydrogen-bond donors (Lipinski definition) is 0. The van der Waals surface area contributed by atoms with Crippen LogP contribution < -0.4 is 0 Å². The summed E-state index contributed by atoms with van der Waals surface area (Å²) in [6.07, 6.45) is 5.01. The maximum atomic E-state index is 11.6. The zero-order chi connectivity index (χ0) is 10.8. The lowest BCUT2D eigenvalue weighted by molar-refractivity contribution is -0.158. The molecule has 0 saturated carbocycles. The van der Waals surface area contributed by atoms with Crippen molar-refractivity contribution in [1.29, 1.82) is 0 Å². The van der Waals surface area contributed by atoms with Gasteiger partial charge in [0.05, 0.1) is 0 Å². The molecule has 0 spiro atoms. The van der Waals surface area contributed by atoms with Crippen molar-refractivity contribution in [2.24, 2.45) is 0 Å². The molecule has 1 aromatic heterocycles. The summed E-state index contributed by atoms with van der Waals surface area (Å²) in [6.45, 7) is 0. The minimum Gasteiger partial charge on any atom is -0.369 e. The summed E-state index contributed by atoms with van der Waals surface area (Å²) in [4.78, 5) is 15.6. The summed E-state index contributed by atoms with van der Waals surface area (Å²) >= 11 is 1.42. The summed E-state index contributed by atoms with van der Waals surface area (Å²) < 4.78 is 6.88. The second-order valence-corrected chi connectivity index (χ2v) is 3.99. The van der Waals surface area contributed by atoms with Crippen LogP contribution in [0, 0.1) is 0 Å². The Morgan fingerprint density at radius 1 is 1.60 bits per heavy atom. The van der Waals surface area contributed by atoms with E-state index >= 15 is 0 Å². The predicted octanol–water partition coefficient (Wildman–Crippen LogP) is 1.26. The van der Waals surface area contributed by atoms with Crippen LogP contribution in [0.15, 0.2) is 24.5 Å². The summed E-state index contributed by atoms with van der Waals surface area (Å²) in [6, 6.07) is 3.81. The Hall–Kier alpha value is -1.07. The molecule has 0 aromatic carbocycles. The third-order valence-electron chi connectivity index (χ3n) is 2.48. The van der Waals surface area contributed by atoms with Gasteiger partial charge in [0, 0.05) is 25.8 Å². The van der Waals surface area contributed by atoms with Crippen molar-refractivity contribution in [2.75, 3.05) is 13.4 Å². The van der Waals surface area contributed by atoms with Gasteiger partial charge in [0.25, 0.3) is 5.91 Å². The Morgan fingerprint density at radius 3 is 2.93 bits per heavy atom. The molecule has 80 valence electrons. The zero-order valence-electron chi connectivity index (χ0n) is 8.58. The highest BCUT2D eigenvalue weighted by atomic mass is 32.2. The molecule has 2 atom stereocenters. The van der Waals surface area contributed by atoms with Crippen LogP contribution in [-0.2, 0) is 9.53 Å². The molecule has 0 aliphatic carbocycles. The van der Waals surface area contributed by atoms with Gasteiger partial charge in [0.15, 0.2) is 6.10 Å². The van der Waals surface area contributed by atoms with Crippen LogP contribution in [-0.4, -0.2) is 34.7 Å². The van der Waals surface area contributed by atoms with Crippen molar-refractivity contribution < 1.29 is 9.53 Å². The van der Waals surface area contributed by atoms with E-state index in [0.717, 1.165) is 5.56 Å². The van der Waals surface area contributed by atoms with Crippen LogP contribution in [0.25, 0.3) is 0 Å². The van der Waals surface area contributed by atoms with E-state index in [9.17, 15) is 4.79 Å². The third-order valence-corrected chi connectivity index (χ3v) is 3.28. The number of carbonyl (C=O) groups excluding carboxylic acids is 1. The number of carbonyl (C=O) groups is 1. The topological polar surface area (TPSA) is 42.4 Å². The highest BCUT2D eigenvalue weighted by Crippen LogP contribution is 2.40. The van der Waals surface area contributed by atoms with Crippen molar-refractivity contribution in [3.05, 3.63) is 30.1 Å². The monoisotopic (exact) mass is 224 g/mol. The van der Waals surface area contributed by atoms with Gasteiger partial charge in [-0.3, -0.25) is 14.1 Å². The number of nitrogens with zero attached hydrogens (tertiary/aromatic N) is 2. The number of hydrogen-bond acceptors (Lipinski definition) is 4. The number of methoxy groups -OCH3 is 1. The van der Waals surface area contributed by atoms with Gasteiger partial charge in [-0.1, -0.05) is 18.0 Å². The highest BCUT2D eigenvalue weighted by Gasteiger charge is 2.48. The van der Waals surface area contributed by atoms with Crippen LogP contribution in [0.2, 0.25) is 0 Å². The predicted molar refractivity (Wildman–Crippen MR) is 58.1 cm³/mol. The Bertz CT molecular complexity index is 344. The number of pyridine rings is 1. The first-order valence-electron chi connectivity index (χ1n) is 4.59. The van der Waals surface area contributed by atoms with E-state index in [1.807, 2.05) is 18.4 Å². The molecule has 1 fully saturated rings. The summed E-state index contributed by atoms with van der Waals surface area (Å²) in [5, 5.41) is 0. The van der Waals surface area contributed by atoms with E-state index in [4.69, 9.17) is 4.74 Å². The molecule has 1 saturated heterocycles. The molecule has 1 aliphatic heterocycles. The van der Waals surface area contributed by atoms with Crippen molar-refractivity contribution in [3.8, 4) is 0 Å². The maximum Gasteiger partial charge on any atom is 0.264 e. The van der Waals surface area contributed by atoms with E-state index < -0.39 is 0 Å². The molecule has 2 rings (SSSR count). The summed E-state index contributed by atoms with van der Waals surface area (Å²) in [5.41, 5.74) is 1.01. The molecule has 15 heavy (non-hydrogen) atoms. The summed E-state index contributed by atoms with van der Waals surface area (Å²) in [7, 11) is 1.56. The number of amides is 1. The lowest BCUT2D eigenvalue weighted by atomic mass is 9.95. The molecule has 0 unspecified atom stereocenters. The van der Waals surface area contributed by atoms with Gasteiger partial charge < -0.3 is 4.74 Å². The fraction of sp³-hybridized carbons (Fsp3) is 0.400. The molecule has 0 radical (unpaired) electrons. The SMILES string of the molecule is CO[C@H]1C(=O)N(SC)[C@H]1c1cccnc1. The molecule has 2 heterocycles. The van der Waals surface area contributed by atoms with E-state index in [-0.39, 0.29) is 18.1 Å². The number of ether oxygens (including phenoxy) is 1. The Labute approximate surface area is 92.8 Å². The highest BCUT2D eigenvalue weighted by molar-refractivity contribution is 7.96. The van der Waals surface area contributed by atoms with E-state index in [1.54, 1.807) is 23.8 Å². The minimum absolute atomic E-state index is 0.00815. The Kier molecular flexibility index (Phi) is 2.93. The average molecular weight is 224 g/mol. The normalized spacial score (nSPS) is 25.2. The molecule has 0 N–H and O–H groups in total. The summed E-state index contributed by atoms with van der Waals surface area (Å²) in [5.74, 6) is 0.0267. The second-order valence-electron chi connectivity index (χ2n) is 3.23. The van der Waals surface area contributed by atoms with Gasteiger partial charge in [0.2, 0.25) is 0 Å². The van der Waals surface area contributed by atoms with E-state index in [2.05, 4.69) is 4.98 Å². The average Bonchev–Trinajstić information content (AvgIpc) is 2.28. The molecule has 5 heteroatoms. The Morgan fingerprint density at radius 2 is 2.40 bits per heavy atom. The van der Waals surface area contributed by atoms with Crippen LogP contribution in [0.1, 0.15) is 11.6 Å². The molecule has 0 bridgehead atoms. The quantitative estimate of drug-likeness (QED) is 0.572. The minimum atomic E-state index is -0.360. The fourth-order valence-electron chi connectivity index (χ4n) is 1.73. The van der Waals surface area contributed by atoms with Crippen molar-refractivity contribution in [1.82, 2.24) is 9.29 Å². The van der Waals surface area contributed by atoms with E-state index in [1.165, 1.54) is 11.9 Å². The van der Waals surface area contributed by atoms with Crippen LogP contribution in [0.5, 0.6) is 0 Å². The molecular weight excluding hydrogens is 212 g/mol. The van der Waals surface area contributed by atoms with Gasteiger partial charge in [-0.05, 0) is 11.6 Å². The second kappa shape index (κ2) is 4.20. The number of β-lactam (4-membered cyclic amide) rings is 1. The standard InChI is InChI=1S/C10H12N2O2S/c1-14-9-8(12(15-2)10(9)13)7-4-3-5-11-6-7/h3-6,8-9H,1-2H3/t8-,9+/m0/s1. The first kappa shape index (κ1) is 10.4.